The Bertz CT molecular complexity index is 817. The number of benzene rings is 1. The second-order valence-corrected chi connectivity index (χ2v) is 8.43. The van der Waals surface area contributed by atoms with Gasteiger partial charge in [-0.25, -0.2) is 4.68 Å². The Hall–Kier alpha value is -2.34. The highest BCUT2D eigenvalue weighted by Crippen LogP contribution is 2.27. The highest BCUT2D eigenvalue weighted by molar-refractivity contribution is 5.78. The molecule has 156 valence electrons. The van der Waals surface area contributed by atoms with E-state index in [-0.39, 0.29) is 5.91 Å². The summed E-state index contributed by atoms with van der Waals surface area (Å²) in [6, 6.07) is 10.7. The van der Waals surface area contributed by atoms with E-state index in [2.05, 4.69) is 41.1 Å². The van der Waals surface area contributed by atoms with Gasteiger partial charge in [-0.3, -0.25) is 9.69 Å². The molecule has 2 heterocycles. The molecular weight excluding hydrogens is 362 g/mol. The molecule has 2 fully saturated rings. The van der Waals surface area contributed by atoms with Gasteiger partial charge in [-0.2, -0.15) is 5.10 Å². The van der Waals surface area contributed by atoms with Crippen LogP contribution in [0, 0.1) is 13.8 Å². The quantitative estimate of drug-likeness (QED) is 0.845. The zero-order valence-electron chi connectivity index (χ0n) is 17.7. The van der Waals surface area contributed by atoms with Crippen molar-refractivity contribution in [3.8, 4) is 5.69 Å². The Morgan fingerprint density at radius 2 is 1.72 bits per heavy atom. The summed E-state index contributed by atoms with van der Waals surface area (Å²) >= 11 is 0. The number of aryl methyl sites for hydroxylation is 1. The lowest BCUT2D eigenvalue weighted by Crippen LogP contribution is -2.51. The molecule has 0 unspecified atom stereocenters. The maximum atomic E-state index is 12.4. The number of nitrogens with zero attached hydrogens (tertiary/aromatic N) is 4. The maximum Gasteiger partial charge on any atom is 0.234 e. The number of nitrogens with one attached hydrogen (secondary N) is 1. The van der Waals surface area contributed by atoms with Gasteiger partial charge >= 0.3 is 0 Å². The maximum absolute atomic E-state index is 12.4. The predicted molar refractivity (Wildman–Crippen MR) is 117 cm³/mol. The molecule has 0 bridgehead atoms. The molecule has 1 aromatic carbocycles. The number of hydrogen-bond donors (Lipinski definition) is 1. The van der Waals surface area contributed by atoms with Crippen LogP contribution in [0.4, 0.5) is 5.69 Å². The van der Waals surface area contributed by atoms with Gasteiger partial charge in [0, 0.05) is 32.2 Å². The van der Waals surface area contributed by atoms with Crippen molar-refractivity contribution in [2.24, 2.45) is 0 Å². The average Bonchev–Trinajstić information content (AvgIpc) is 3.04. The Morgan fingerprint density at radius 3 is 2.41 bits per heavy atom. The van der Waals surface area contributed by atoms with E-state index in [1.165, 1.54) is 30.6 Å². The number of anilines is 1. The third kappa shape index (κ3) is 4.64. The van der Waals surface area contributed by atoms with Crippen LogP contribution in [-0.2, 0) is 4.79 Å². The van der Waals surface area contributed by atoms with Crippen LogP contribution in [0.2, 0.25) is 0 Å². The largest absolute Gasteiger partial charge is 0.366 e. The summed E-state index contributed by atoms with van der Waals surface area (Å²) in [5.74, 6) is 0.189. The van der Waals surface area contributed by atoms with Crippen molar-refractivity contribution in [1.29, 1.82) is 0 Å². The Balaban J connectivity index is 1.34. The summed E-state index contributed by atoms with van der Waals surface area (Å²) in [5.41, 5.74) is 4.57. The molecule has 2 aromatic rings. The normalized spacial score (nSPS) is 18.8. The summed E-state index contributed by atoms with van der Waals surface area (Å²) in [6.45, 7) is 8.43. The first-order valence-electron chi connectivity index (χ1n) is 11.0. The van der Waals surface area contributed by atoms with Crippen LogP contribution in [0.3, 0.4) is 0 Å². The minimum absolute atomic E-state index is 0.189. The van der Waals surface area contributed by atoms with Gasteiger partial charge in [-0.15, -0.1) is 0 Å². The number of hydrogen-bond acceptors (Lipinski definition) is 4. The molecule has 1 aliphatic heterocycles. The van der Waals surface area contributed by atoms with E-state index in [0.717, 1.165) is 50.4 Å². The first-order chi connectivity index (χ1) is 14.1. The summed E-state index contributed by atoms with van der Waals surface area (Å²) in [5, 5.41) is 8.03. The summed E-state index contributed by atoms with van der Waals surface area (Å²) in [4.78, 5) is 17.1. The van der Waals surface area contributed by atoms with Crippen molar-refractivity contribution in [3.05, 3.63) is 41.7 Å². The standard InChI is InChI=1S/C23H33N5O/c1-18-23(19(2)28(25-18)21-11-7-4-8-12-21)27-15-13-26(14-16-27)17-22(29)24-20-9-5-3-6-10-20/h4,7-8,11-12,20H,3,5-6,9-10,13-17H2,1-2H3,(H,24,29). The molecule has 0 radical (unpaired) electrons. The molecule has 6 nitrogen and oxygen atoms in total. The molecule has 1 saturated heterocycles. The summed E-state index contributed by atoms with van der Waals surface area (Å²) < 4.78 is 2.04. The van der Waals surface area contributed by atoms with Crippen molar-refractivity contribution >= 4 is 11.6 Å². The van der Waals surface area contributed by atoms with E-state index in [0.29, 0.717) is 12.6 Å². The minimum Gasteiger partial charge on any atom is -0.366 e. The Morgan fingerprint density at radius 1 is 1.03 bits per heavy atom. The fourth-order valence-corrected chi connectivity index (χ4v) is 4.77. The van der Waals surface area contributed by atoms with Gasteiger partial charge in [0.2, 0.25) is 5.91 Å². The average molecular weight is 396 g/mol. The number of amides is 1. The second-order valence-electron chi connectivity index (χ2n) is 8.43. The SMILES string of the molecule is Cc1nn(-c2ccccc2)c(C)c1N1CCN(CC(=O)NC2CCCCC2)CC1. The van der Waals surface area contributed by atoms with Crippen molar-refractivity contribution in [2.45, 2.75) is 52.0 Å². The van der Waals surface area contributed by atoms with Crippen LogP contribution < -0.4 is 10.2 Å². The number of rotatable bonds is 5. The Labute approximate surface area is 173 Å². The van der Waals surface area contributed by atoms with Gasteiger partial charge in [-0.1, -0.05) is 37.5 Å². The van der Waals surface area contributed by atoms with Crippen LogP contribution in [0.5, 0.6) is 0 Å². The molecule has 1 saturated carbocycles. The molecule has 1 N–H and O–H groups in total. The van der Waals surface area contributed by atoms with Crippen LogP contribution in [-0.4, -0.2) is 59.4 Å². The molecular formula is C23H33N5O. The zero-order valence-corrected chi connectivity index (χ0v) is 17.7. The topological polar surface area (TPSA) is 53.4 Å². The lowest BCUT2D eigenvalue weighted by molar-refractivity contribution is -0.123. The Kier molecular flexibility index (Phi) is 6.19. The number of piperazine rings is 1. The van der Waals surface area contributed by atoms with Crippen LogP contribution in [0.25, 0.3) is 5.69 Å². The third-order valence-electron chi connectivity index (χ3n) is 6.28. The van der Waals surface area contributed by atoms with E-state index in [9.17, 15) is 4.79 Å². The van der Waals surface area contributed by atoms with E-state index in [4.69, 9.17) is 5.10 Å². The molecule has 29 heavy (non-hydrogen) atoms. The number of carbonyl (C=O) groups is 1. The molecule has 2 aliphatic rings. The fraction of sp³-hybridized carbons (Fsp3) is 0.565. The molecule has 1 amide bonds. The second kappa shape index (κ2) is 8.99. The van der Waals surface area contributed by atoms with Crippen molar-refractivity contribution in [2.75, 3.05) is 37.6 Å². The van der Waals surface area contributed by atoms with Crippen LogP contribution in [0.1, 0.15) is 43.5 Å². The van der Waals surface area contributed by atoms with E-state index >= 15 is 0 Å². The van der Waals surface area contributed by atoms with Gasteiger partial charge in [-0.05, 0) is 38.8 Å². The van der Waals surface area contributed by atoms with Gasteiger partial charge in [0.05, 0.1) is 29.3 Å². The van der Waals surface area contributed by atoms with E-state index in [1.807, 2.05) is 22.9 Å². The molecule has 1 aliphatic carbocycles. The third-order valence-corrected chi connectivity index (χ3v) is 6.28. The molecule has 0 spiro atoms. The van der Waals surface area contributed by atoms with Gasteiger partial charge in [0.25, 0.3) is 0 Å². The number of para-hydroxylation sites is 1. The molecule has 0 atom stereocenters. The van der Waals surface area contributed by atoms with Gasteiger partial charge < -0.3 is 10.2 Å². The minimum atomic E-state index is 0.189. The van der Waals surface area contributed by atoms with Gasteiger partial charge in [0.1, 0.15) is 0 Å². The lowest BCUT2D eigenvalue weighted by Gasteiger charge is -2.36. The number of carbonyl (C=O) groups excluding carboxylic acids is 1. The highest BCUT2D eigenvalue weighted by atomic mass is 16.2. The first kappa shape index (κ1) is 20.0. The van der Waals surface area contributed by atoms with E-state index in [1.54, 1.807) is 0 Å². The fourth-order valence-electron chi connectivity index (χ4n) is 4.77. The monoisotopic (exact) mass is 395 g/mol. The molecule has 4 rings (SSSR count). The van der Waals surface area contributed by atoms with Crippen LogP contribution in [0.15, 0.2) is 30.3 Å². The zero-order chi connectivity index (χ0) is 20.2. The van der Waals surface area contributed by atoms with E-state index < -0.39 is 0 Å². The van der Waals surface area contributed by atoms with Crippen LogP contribution >= 0.6 is 0 Å². The van der Waals surface area contributed by atoms with Crippen molar-refractivity contribution < 1.29 is 4.79 Å². The lowest BCUT2D eigenvalue weighted by atomic mass is 9.95. The summed E-state index contributed by atoms with van der Waals surface area (Å²) in [7, 11) is 0. The molecule has 6 heteroatoms. The van der Waals surface area contributed by atoms with Gasteiger partial charge in [0.15, 0.2) is 0 Å². The van der Waals surface area contributed by atoms with Crippen molar-refractivity contribution in [3.63, 3.8) is 0 Å². The first-order valence-corrected chi connectivity index (χ1v) is 11.0. The molecule has 1 aromatic heterocycles. The highest BCUT2D eigenvalue weighted by Gasteiger charge is 2.25. The van der Waals surface area contributed by atoms with Crippen molar-refractivity contribution in [1.82, 2.24) is 20.0 Å². The summed E-state index contributed by atoms with van der Waals surface area (Å²) in [6.07, 6.45) is 6.10. The number of aromatic nitrogens is 2. The predicted octanol–water partition coefficient (Wildman–Crippen LogP) is 3.06. The smallest absolute Gasteiger partial charge is 0.234 e.